The Hall–Kier alpha value is -2.38. The van der Waals surface area contributed by atoms with Gasteiger partial charge in [-0.3, -0.25) is 0 Å². The minimum Gasteiger partial charge on any atom is -0.482 e. The smallest absolute Gasteiger partial charge is 0.341 e. The summed E-state index contributed by atoms with van der Waals surface area (Å²) in [4.78, 5) is 10.8. The molecular formula is C18H19NO5S. The molecule has 0 radical (unpaired) electrons. The van der Waals surface area contributed by atoms with Gasteiger partial charge in [-0.15, -0.1) is 0 Å². The van der Waals surface area contributed by atoms with Gasteiger partial charge in [0.05, 0.1) is 4.90 Å². The minimum absolute atomic E-state index is 0.170. The van der Waals surface area contributed by atoms with E-state index in [1.165, 1.54) is 0 Å². The van der Waals surface area contributed by atoms with Gasteiger partial charge >= 0.3 is 5.97 Å². The largest absolute Gasteiger partial charge is 0.482 e. The first-order valence-corrected chi connectivity index (χ1v) is 9.43. The number of nitrogens with one attached hydrogen (secondary N) is 1. The summed E-state index contributed by atoms with van der Waals surface area (Å²) in [5.74, 6) is -0.330. The molecular weight excluding hydrogens is 342 g/mol. The highest BCUT2D eigenvalue weighted by Gasteiger charge is 2.24. The van der Waals surface area contributed by atoms with Crippen LogP contribution in [0, 0.1) is 5.92 Å². The van der Waals surface area contributed by atoms with Crippen LogP contribution in [0.2, 0.25) is 0 Å². The second-order valence-corrected chi connectivity index (χ2v) is 7.82. The monoisotopic (exact) mass is 361 g/mol. The maximum absolute atomic E-state index is 12.3. The zero-order valence-corrected chi connectivity index (χ0v) is 14.3. The number of sulfonamides is 1. The summed E-state index contributed by atoms with van der Waals surface area (Å²) in [6, 6.07) is 13.8. The maximum atomic E-state index is 12.3. The third kappa shape index (κ3) is 4.37. The number of hydrogen-bond donors (Lipinski definition) is 2. The SMILES string of the molecule is O=C(O)COc1ccc2c(c1)CC(CNS(=O)(=O)c1ccccc1)C2. The molecule has 1 aliphatic rings. The third-order valence-electron chi connectivity index (χ3n) is 4.17. The predicted octanol–water partition coefficient (Wildman–Crippen LogP) is 1.84. The number of aliphatic carboxylic acids is 1. The standard InChI is InChI=1S/C18H19NO5S/c20-18(21)12-24-16-7-6-14-8-13(9-15(14)10-16)11-19-25(22,23)17-4-2-1-3-5-17/h1-7,10,13,19H,8-9,11-12H2,(H,20,21). The number of carboxylic acids is 1. The van der Waals surface area contributed by atoms with Crippen LogP contribution in [-0.2, 0) is 27.7 Å². The van der Waals surface area contributed by atoms with Gasteiger partial charge in [0, 0.05) is 6.54 Å². The van der Waals surface area contributed by atoms with Crippen molar-refractivity contribution in [1.29, 1.82) is 0 Å². The third-order valence-corrected chi connectivity index (χ3v) is 5.61. The molecule has 1 atom stereocenters. The zero-order chi connectivity index (χ0) is 17.9. The van der Waals surface area contributed by atoms with Crippen LogP contribution in [0.5, 0.6) is 5.75 Å². The fourth-order valence-corrected chi connectivity index (χ4v) is 4.11. The van der Waals surface area contributed by atoms with E-state index in [1.54, 1.807) is 36.4 Å². The van der Waals surface area contributed by atoms with Crippen LogP contribution in [0.25, 0.3) is 0 Å². The Labute approximate surface area is 146 Å². The van der Waals surface area contributed by atoms with E-state index in [0.29, 0.717) is 12.3 Å². The van der Waals surface area contributed by atoms with Gasteiger partial charge in [0.1, 0.15) is 5.75 Å². The van der Waals surface area contributed by atoms with Gasteiger partial charge in [0.2, 0.25) is 10.0 Å². The fourth-order valence-electron chi connectivity index (χ4n) is 2.98. The quantitative estimate of drug-likeness (QED) is 0.785. The van der Waals surface area contributed by atoms with Crippen molar-refractivity contribution in [3.63, 3.8) is 0 Å². The number of ether oxygens (including phenoxy) is 1. The molecule has 0 fully saturated rings. The van der Waals surface area contributed by atoms with E-state index in [4.69, 9.17) is 9.84 Å². The molecule has 1 unspecified atom stereocenters. The minimum atomic E-state index is -3.50. The molecule has 0 spiro atoms. The van der Waals surface area contributed by atoms with Crippen LogP contribution in [-0.4, -0.2) is 32.6 Å². The van der Waals surface area contributed by atoms with Crippen molar-refractivity contribution in [3.8, 4) is 5.75 Å². The van der Waals surface area contributed by atoms with Gasteiger partial charge in [-0.25, -0.2) is 17.9 Å². The lowest BCUT2D eigenvalue weighted by Gasteiger charge is -2.11. The van der Waals surface area contributed by atoms with Crippen molar-refractivity contribution >= 4 is 16.0 Å². The Bertz CT molecular complexity index is 864. The van der Waals surface area contributed by atoms with Crippen molar-refractivity contribution in [2.45, 2.75) is 17.7 Å². The first kappa shape index (κ1) is 17.4. The molecule has 132 valence electrons. The Morgan fingerprint density at radius 3 is 2.56 bits per heavy atom. The molecule has 1 aliphatic carbocycles. The molecule has 2 N–H and O–H groups in total. The summed E-state index contributed by atoms with van der Waals surface area (Å²) in [5.41, 5.74) is 2.22. The van der Waals surface area contributed by atoms with Crippen molar-refractivity contribution in [3.05, 3.63) is 59.7 Å². The Kier molecular flexibility index (Phi) is 5.06. The summed E-state index contributed by atoms with van der Waals surface area (Å²) >= 11 is 0. The van der Waals surface area contributed by atoms with Crippen molar-refractivity contribution in [2.75, 3.05) is 13.2 Å². The predicted molar refractivity (Wildman–Crippen MR) is 92.1 cm³/mol. The van der Waals surface area contributed by atoms with E-state index in [1.807, 2.05) is 12.1 Å². The summed E-state index contributed by atoms with van der Waals surface area (Å²) in [6.07, 6.45) is 1.52. The van der Waals surface area contributed by atoms with Crippen molar-refractivity contribution < 1.29 is 23.1 Å². The molecule has 3 rings (SSSR count). The first-order valence-electron chi connectivity index (χ1n) is 7.95. The van der Waals surface area contributed by atoms with Crippen LogP contribution in [0.1, 0.15) is 11.1 Å². The van der Waals surface area contributed by atoms with Crippen LogP contribution in [0.4, 0.5) is 0 Å². The molecule has 0 saturated carbocycles. The van der Waals surface area contributed by atoms with Crippen molar-refractivity contribution in [1.82, 2.24) is 4.72 Å². The number of fused-ring (bicyclic) bond motifs is 1. The topological polar surface area (TPSA) is 92.7 Å². The average Bonchev–Trinajstić information content (AvgIpc) is 3.01. The van der Waals surface area contributed by atoms with Gasteiger partial charge in [-0.05, 0) is 54.2 Å². The number of hydrogen-bond acceptors (Lipinski definition) is 4. The second-order valence-electron chi connectivity index (χ2n) is 6.05. The molecule has 2 aromatic rings. The van der Waals surface area contributed by atoms with Crippen LogP contribution in [0.15, 0.2) is 53.4 Å². The van der Waals surface area contributed by atoms with E-state index in [0.717, 1.165) is 24.0 Å². The molecule has 25 heavy (non-hydrogen) atoms. The van der Waals surface area contributed by atoms with E-state index >= 15 is 0 Å². The molecule has 6 nitrogen and oxygen atoms in total. The van der Waals surface area contributed by atoms with Gasteiger partial charge in [0.25, 0.3) is 0 Å². The fraction of sp³-hybridized carbons (Fsp3) is 0.278. The van der Waals surface area contributed by atoms with Gasteiger partial charge in [-0.2, -0.15) is 0 Å². The van der Waals surface area contributed by atoms with E-state index in [9.17, 15) is 13.2 Å². The summed E-state index contributed by atoms with van der Waals surface area (Å²) in [7, 11) is -3.50. The van der Waals surface area contributed by atoms with Gasteiger partial charge in [-0.1, -0.05) is 24.3 Å². The molecule has 0 aromatic heterocycles. The van der Waals surface area contributed by atoms with E-state index in [2.05, 4.69) is 4.72 Å². The summed E-state index contributed by atoms with van der Waals surface area (Å²) in [6.45, 7) is -0.0175. The molecule has 0 aliphatic heterocycles. The first-order chi connectivity index (χ1) is 11.9. The van der Waals surface area contributed by atoms with Gasteiger partial charge in [0.15, 0.2) is 6.61 Å². The van der Waals surface area contributed by atoms with Gasteiger partial charge < -0.3 is 9.84 Å². The molecule has 0 saturated heterocycles. The van der Waals surface area contributed by atoms with E-state index < -0.39 is 16.0 Å². The lowest BCUT2D eigenvalue weighted by molar-refractivity contribution is -0.139. The number of carboxylic acid groups (broad SMARTS) is 1. The maximum Gasteiger partial charge on any atom is 0.341 e. The molecule has 0 heterocycles. The molecule has 0 amide bonds. The Balaban J connectivity index is 1.60. The Morgan fingerprint density at radius 2 is 1.84 bits per heavy atom. The summed E-state index contributed by atoms with van der Waals surface area (Å²) < 4.78 is 32.4. The number of benzene rings is 2. The van der Waals surface area contributed by atoms with E-state index in [-0.39, 0.29) is 17.4 Å². The van der Waals surface area contributed by atoms with Crippen molar-refractivity contribution in [2.24, 2.45) is 5.92 Å². The Morgan fingerprint density at radius 1 is 1.12 bits per heavy atom. The highest BCUT2D eigenvalue weighted by molar-refractivity contribution is 7.89. The average molecular weight is 361 g/mol. The second kappa shape index (κ2) is 7.25. The summed E-state index contributed by atoms with van der Waals surface area (Å²) in [5, 5.41) is 8.66. The molecule has 7 heteroatoms. The molecule has 2 aromatic carbocycles. The van der Waals surface area contributed by atoms with Crippen LogP contribution < -0.4 is 9.46 Å². The lowest BCUT2D eigenvalue weighted by Crippen LogP contribution is -2.29. The lowest BCUT2D eigenvalue weighted by atomic mass is 10.1. The van der Waals surface area contributed by atoms with Crippen LogP contribution >= 0.6 is 0 Å². The normalized spacial score (nSPS) is 16.4. The number of rotatable bonds is 7. The molecule has 0 bridgehead atoms. The highest BCUT2D eigenvalue weighted by atomic mass is 32.2. The number of carbonyl (C=O) groups is 1. The zero-order valence-electron chi connectivity index (χ0n) is 13.5. The van der Waals surface area contributed by atoms with Crippen LogP contribution in [0.3, 0.4) is 0 Å². The highest BCUT2D eigenvalue weighted by Crippen LogP contribution is 2.30.